The normalized spacial score (nSPS) is 12.6. The number of aryl methyl sites for hydroxylation is 2. The van der Waals surface area contributed by atoms with Crippen LogP contribution in [0.4, 0.5) is 0 Å². The van der Waals surface area contributed by atoms with E-state index in [4.69, 9.17) is 0 Å². The van der Waals surface area contributed by atoms with Crippen LogP contribution in [0.2, 0.25) is 0 Å². The first-order valence-electron chi connectivity index (χ1n) is 6.23. The molecular formula is C13H18N4O. The summed E-state index contributed by atoms with van der Waals surface area (Å²) >= 11 is 0. The van der Waals surface area contributed by atoms with Gasteiger partial charge in [0, 0.05) is 25.4 Å². The zero-order valence-corrected chi connectivity index (χ0v) is 10.7. The Morgan fingerprint density at radius 2 is 2.22 bits per heavy atom. The molecule has 0 saturated carbocycles. The summed E-state index contributed by atoms with van der Waals surface area (Å²) in [4.78, 5) is 8.27. The number of hydrogen-bond donors (Lipinski definition) is 1. The van der Waals surface area contributed by atoms with Crippen molar-refractivity contribution in [3.05, 3.63) is 41.7 Å². The van der Waals surface area contributed by atoms with Crippen molar-refractivity contribution in [1.82, 2.24) is 19.7 Å². The topological polar surface area (TPSA) is 63.8 Å². The Bertz CT molecular complexity index is 509. The fourth-order valence-electron chi connectivity index (χ4n) is 2.05. The number of pyridine rings is 1. The van der Waals surface area contributed by atoms with Crippen LogP contribution in [0.1, 0.15) is 36.9 Å². The molecule has 0 saturated heterocycles. The zero-order valence-electron chi connectivity index (χ0n) is 10.7. The van der Waals surface area contributed by atoms with Gasteiger partial charge in [-0.15, -0.1) is 0 Å². The second-order valence-corrected chi connectivity index (χ2v) is 4.14. The molecule has 5 heteroatoms. The Morgan fingerprint density at radius 3 is 2.94 bits per heavy atom. The van der Waals surface area contributed by atoms with Gasteiger partial charge in [-0.25, -0.2) is 4.98 Å². The smallest absolute Gasteiger partial charge is 0.138 e. The lowest BCUT2D eigenvalue weighted by atomic mass is 10.0. The number of nitrogens with zero attached hydrogens (tertiary/aromatic N) is 4. The molecule has 0 fully saturated rings. The average Bonchev–Trinajstić information content (AvgIpc) is 2.85. The largest absolute Gasteiger partial charge is 0.388 e. The lowest BCUT2D eigenvalue weighted by Gasteiger charge is -2.14. The molecule has 2 heterocycles. The van der Waals surface area contributed by atoms with Crippen LogP contribution >= 0.6 is 0 Å². The fraction of sp³-hybridized carbons (Fsp3) is 0.462. The molecule has 0 aliphatic heterocycles. The maximum absolute atomic E-state index is 10.3. The molecule has 96 valence electrons. The summed E-state index contributed by atoms with van der Waals surface area (Å²) < 4.78 is 1.80. The van der Waals surface area contributed by atoms with E-state index in [1.807, 2.05) is 19.2 Å². The Kier molecular flexibility index (Phi) is 4.04. The Hall–Kier alpha value is -1.75. The Labute approximate surface area is 107 Å². The van der Waals surface area contributed by atoms with Crippen LogP contribution in [0.3, 0.4) is 0 Å². The van der Waals surface area contributed by atoms with Gasteiger partial charge in [0.2, 0.25) is 0 Å². The maximum atomic E-state index is 10.3. The van der Waals surface area contributed by atoms with Crippen molar-refractivity contribution >= 4 is 0 Å². The highest BCUT2D eigenvalue weighted by Crippen LogP contribution is 2.20. The van der Waals surface area contributed by atoms with Gasteiger partial charge in [-0.1, -0.05) is 6.92 Å². The zero-order chi connectivity index (χ0) is 13.0. The first-order valence-corrected chi connectivity index (χ1v) is 6.23. The third-order valence-corrected chi connectivity index (χ3v) is 3.05. The van der Waals surface area contributed by atoms with Gasteiger partial charge < -0.3 is 5.11 Å². The summed E-state index contributed by atoms with van der Waals surface area (Å²) in [5, 5.41) is 14.4. The number of aliphatic hydroxyl groups excluding tert-OH is 1. The summed E-state index contributed by atoms with van der Waals surface area (Å²) in [5.74, 6) is 0.809. The SMILES string of the molecule is CCc1cnccc1C(O)Cc1ncnn1CC. The van der Waals surface area contributed by atoms with Crippen LogP contribution in [-0.4, -0.2) is 24.9 Å². The van der Waals surface area contributed by atoms with Gasteiger partial charge in [-0.3, -0.25) is 9.67 Å². The molecule has 1 atom stereocenters. The van der Waals surface area contributed by atoms with Crippen LogP contribution in [0.5, 0.6) is 0 Å². The monoisotopic (exact) mass is 246 g/mol. The molecule has 1 N–H and O–H groups in total. The molecule has 0 aliphatic carbocycles. The van der Waals surface area contributed by atoms with Crippen LogP contribution in [0.15, 0.2) is 24.8 Å². The molecule has 0 spiro atoms. The minimum absolute atomic E-state index is 0.477. The molecule has 0 bridgehead atoms. The molecule has 2 aromatic rings. The van der Waals surface area contributed by atoms with E-state index in [-0.39, 0.29) is 0 Å². The molecule has 2 rings (SSSR count). The lowest BCUT2D eigenvalue weighted by Crippen LogP contribution is -2.11. The van der Waals surface area contributed by atoms with Crippen LogP contribution < -0.4 is 0 Å². The van der Waals surface area contributed by atoms with E-state index in [1.165, 1.54) is 6.33 Å². The predicted octanol–water partition coefficient (Wildman–Crippen LogP) is 1.53. The first-order chi connectivity index (χ1) is 8.76. The summed E-state index contributed by atoms with van der Waals surface area (Å²) in [7, 11) is 0. The highest BCUT2D eigenvalue weighted by molar-refractivity contribution is 5.26. The molecule has 18 heavy (non-hydrogen) atoms. The number of rotatable bonds is 5. The molecule has 0 radical (unpaired) electrons. The summed E-state index contributed by atoms with van der Waals surface area (Å²) in [5.41, 5.74) is 2.01. The molecule has 0 aliphatic rings. The number of hydrogen-bond acceptors (Lipinski definition) is 4. The molecular weight excluding hydrogens is 228 g/mol. The van der Waals surface area contributed by atoms with Crippen molar-refractivity contribution in [1.29, 1.82) is 0 Å². The van der Waals surface area contributed by atoms with Crippen LogP contribution in [-0.2, 0) is 19.4 Å². The van der Waals surface area contributed by atoms with E-state index in [9.17, 15) is 5.11 Å². The van der Waals surface area contributed by atoms with Crippen molar-refractivity contribution in [2.24, 2.45) is 0 Å². The number of aromatic nitrogens is 4. The Morgan fingerprint density at radius 1 is 1.39 bits per heavy atom. The van der Waals surface area contributed by atoms with Crippen molar-refractivity contribution in [2.75, 3.05) is 0 Å². The van der Waals surface area contributed by atoms with E-state index >= 15 is 0 Å². The molecule has 0 aromatic carbocycles. The maximum Gasteiger partial charge on any atom is 0.138 e. The fourth-order valence-corrected chi connectivity index (χ4v) is 2.05. The summed E-state index contributed by atoms with van der Waals surface area (Å²) in [6.07, 6.45) is 5.83. The molecule has 2 aromatic heterocycles. The van der Waals surface area contributed by atoms with Gasteiger partial charge in [0.15, 0.2) is 0 Å². The van der Waals surface area contributed by atoms with Gasteiger partial charge in [0.1, 0.15) is 12.2 Å². The average molecular weight is 246 g/mol. The minimum Gasteiger partial charge on any atom is -0.388 e. The van der Waals surface area contributed by atoms with E-state index in [1.54, 1.807) is 10.9 Å². The Balaban J connectivity index is 2.19. The quantitative estimate of drug-likeness (QED) is 0.869. The van der Waals surface area contributed by atoms with Gasteiger partial charge in [-0.05, 0) is 30.5 Å². The van der Waals surface area contributed by atoms with Gasteiger partial charge in [-0.2, -0.15) is 5.10 Å². The molecule has 0 amide bonds. The minimum atomic E-state index is -0.558. The van der Waals surface area contributed by atoms with Crippen molar-refractivity contribution in [2.45, 2.75) is 39.3 Å². The van der Waals surface area contributed by atoms with E-state index in [0.29, 0.717) is 6.42 Å². The summed E-state index contributed by atoms with van der Waals surface area (Å²) in [6.45, 7) is 4.83. The standard InChI is InChI=1S/C13H18N4O/c1-3-10-8-14-6-5-11(10)12(18)7-13-15-9-16-17(13)4-2/h5-6,8-9,12,18H,3-4,7H2,1-2H3. The molecule has 1 unspecified atom stereocenters. The second kappa shape index (κ2) is 5.73. The lowest BCUT2D eigenvalue weighted by molar-refractivity contribution is 0.173. The third-order valence-electron chi connectivity index (χ3n) is 3.05. The van der Waals surface area contributed by atoms with Crippen LogP contribution in [0, 0.1) is 0 Å². The van der Waals surface area contributed by atoms with E-state index < -0.39 is 6.10 Å². The second-order valence-electron chi connectivity index (χ2n) is 4.14. The van der Waals surface area contributed by atoms with Gasteiger partial charge in [0.05, 0.1) is 6.10 Å². The van der Waals surface area contributed by atoms with Crippen molar-refractivity contribution < 1.29 is 5.11 Å². The van der Waals surface area contributed by atoms with Crippen molar-refractivity contribution in [3.8, 4) is 0 Å². The van der Waals surface area contributed by atoms with Gasteiger partial charge >= 0.3 is 0 Å². The van der Waals surface area contributed by atoms with E-state index in [0.717, 1.165) is 29.9 Å². The van der Waals surface area contributed by atoms with Crippen LogP contribution in [0.25, 0.3) is 0 Å². The highest BCUT2D eigenvalue weighted by Gasteiger charge is 2.15. The number of aliphatic hydroxyl groups is 1. The van der Waals surface area contributed by atoms with Crippen molar-refractivity contribution in [3.63, 3.8) is 0 Å². The predicted molar refractivity (Wildman–Crippen MR) is 68.0 cm³/mol. The summed E-state index contributed by atoms with van der Waals surface area (Å²) in [6, 6.07) is 1.87. The highest BCUT2D eigenvalue weighted by atomic mass is 16.3. The third kappa shape index (κ3) is 2.56. The molecule has 5 nitrogen and oxygen atoms in total. The van der Waals surface area contributed by atoms with E-state index in [2.05, 4.69) is 22.0 Å². The van der Waals surface area contributed by atoms with Gasteiger partial charge in [0.25, 0.3) is 0 Å². The first kappa shape index (κ1) is 12.7.